The average Bonchev–Trinajstić information content (AvgIpc) is 3.19. The number of likely N-dealkylation sites (tertiary alicyclic amines) is 1. The molecule has 0 unspecified atom stereocenters. The van der Waals surface area contributed by atoms with Crippen LogP contribution in [0.4, 0.5) is 0 Å². The summed E-state index contributed by atoms with van der Waals surface area (Å²) in [7, 11) is 0. The molecule has 1 fully saturated rings. The molecule has 1 aliphatic carbocycles. The second-order valence-electron chi connectivity index (χ2n) is 6.40. The van der Waals surface area contributed by atoms with E-state index >= 15 is 0 Å². The Hall–Kier alpha value is -2.04. The number of carbonyl (C=O) groups excluding carboxylic acids is 2. The van der Waals surface area contributed by atoms with Crippen molar-refractivity contribution in [3.63, 3.8) is 0 Å². The lowest BCUT2D eigenvalue weighted by atomic mass is 9.97. The number of carbonyl (C=O) groups is 2. The van der Waals surface area contributed by atoms with E-state index in [0.717, 1.165) is 18.6 Å². The molecule has 1 atom stereocenters. The summed E-state index contributed by atoms with van der Waals surface area (Å²) in [6.07, 6.45) is 10.0. The van der Waals surface area contributed by atoms with Gasteiger partial charge in [-0.1, -0.05) is 11.6 Å². The van der Waals surface area contributed by atoms with Gasteiger partial charge in [-0.25, -0.2) is 0 Å². The van der Waals surface area contributed by atoms with Crippen LogP contribution in [-0.2, 0) is 16.1 Å². The van der Waals surface area contributed by atoms with Gasteiger partial charge in [0.15, 0.2) is 0 Å². The van der Waals surface area contributed by atoms with E-state index in [1.807, 2.05) is 6.07 Å². The number of nitrogens with zero attached hydrogens (tertiary/aromatic N) is 1. The first kappa shape index (κ1) is 15.8. The predicted octanol–water partition coefficient (Wildman–Crippen LogP) is 2.63. The van der Waals surface area contributed by atoms with E-state index < -0.39 is 0 Å². The van der Waals surface area contributed by atoms with Gasteiger partial charge >= 0.3 is 0 Å². The second-order valence-corrected chi connectivity index (χ2v) is 6.40. The molecule has 1 N–H and O–H groups in total. The first-order valence-corrected chi connectivity index (χ1v) is 8.48. The van der Waals surface area contributed by atoms with Crippen LogP contribution in [0.3, 0.4) is 0 Å². The molecular formula is C18H24N2O3. The van der Waals surface area contributed by atoms with E-state index in [0.29, 0.717) is 26.1 Å². The third-order valence-electron chi connectivity index (χ3n) is 4.64. The Bertz CT molecular complexity index is 577. The zero-order chi connectivity index (χ0) is 16.1. The molecule has 23 heavy (non-hydrogen) atoms. The standard InChI is InChI=1S/C18H24N2O3/c21-17-11-15(12-20(17)13-16-7-4-10-23-16)18(22)19-9-8-14-5-2-1-3-6-14/h4-5,7,10,15H,1-3,6,8-9,11-13H2,(H,19,22)/t15-/m0/s1. The van der Waals surface area contributed by atoms with Gasteiger partial charge in [-0.15, -0.1) is 0 Å². The molecule has 2 aliphatic rings. The largest absolute Gasteiger partial charge is 0.467 e. The summed E-state index contributed by atoms with van der Waals surface area (Å²) in [5.74, 6) is 0.537. The van der Waals surface area contributed by atoms with Gasteiger partial charge in [-0.2, -0.15) is 0 Å². The molecule has 2 heterocycles. The molecule has 0 radical (unpaired) electrons. The molecule has 3 rings (SSSR count). The van der Waals surface area contributed by atoms with Crippen LogP contribution in [0.2, 0.25) is 0 Å². The van der Waals surface area contributed by atoms with E-state index in [1.54, 1.807) is 17.2 Å². The summed E-state index contributed by atoms with van der Waals surface area (Å²) < 4.78 is 5.27. The maximum absolute atomic E-state index is 12.2. The van der Waals surface area contributed by atoms with E-state index in [9.17, 15) is 9.59 Å². The van der Waals surface area contributed by atoms with E-state index in [1.165, 1.54) is 24.8 Å². The molecule has 0 spiro atoms. The van der Waals surface area contributed by atoms with Crippen molar-refractivity contribution in [3.05, 3.63) is 35.8 Å². The first-order valence-electron chi connectivity index (χ1n) is 8.48. The molecule has 1 saturated heterocycles. The summed E-state index contributed by atoms with van der Waals surface area (Å²) in [5, 5.41) is 2.99. The van der Waals surface area contributed by atoms with Gasteiger partial charge in [0.2, 0.25) is 11.8 Å². The van der Waals surface area contributed by atoms with Crippen LogP contribution in [0.1, 0.15) is 44.3 Å². The monoisotopic (exact) mass is 316 g/mol. The molecule has 0 saturated carbocycles. The fourth-order valence-electron chi connectivity index (χ4n) is 3.31. The Morgan fingerprint density at radius 2 is 2.30 bits per heavy atom. The van der Waals surface area contributed by atoms with Gasteiger partial charge in [0.25, 0.3) is 0 Å². The van der Waals surface area contributed by atoms with Crippen molar-refractivity contribution in [3.8, 4) is 0 Å². The molecule has 1 aromatic rings. The number of nitrogens with one attached hydrogen (secondary N) is 1. The molecule has 0 aromatic carbocycles. The molecule has 124 valence electrons. The first-order chi connectivity index (χ1) is 11.2. The normalized spacial score (nSPS) is 21.4. The van der Waals surface area contributed by atoms with Gasteiger partial charge in [0.1, 0.15) is 5.76 Å². The van der Waals surface area contributed by atoms with Crippen LogP contribution >= 0.6 is 0 Å². The number of hydrogen-bond acceptors (Lipinski definition) is 3. The molecule has 5 nitrogen and oxygen atoms in total. The number of rotatable bonds is 6. The minimum Gasteiger partial charge on any atom is -0.467 e. The van der Waals surface area contributed by atoms with Crippen molar-refractivity contribution >= 4 is 11.8 Å². The zero-order valence-corrected chi connectivity index (χ0v) is 13.4. The lowest BCUT2D eigenvalue weighted by Gasteiger charge is -2.16. The number of amides is 2. The zero-order valence-electron chi connectivity index (χ0n) is 13.4. The number of allylic oxidation sites excluding steroid dienone is 1. The maximum Gasteiger partial charge on any atom is 0.225 e. The summed E-state index contributed by atoms with van der Waals surface area (Å²) in [4.78, 5) is 26.0. The summed E-state index contributed by atoms with van der Waals surface area (Å²) in [5.41, 5.74) is 1.46. The Kier molecular flexibility index (Phi) is 5.16. The molecular weight excluding hydrogens is 292 g/mol. The summed E-state index contributed by atoms with van der Waals surface area (Å²) in [6.45, 7) is 1.60. The lowest BCUT2D eigenvalue weighted by molar-refractivity contribution is -0.129. The highest BCUT2D eigenvalue weighted by Crippen LogP contribution is 2.21. The SMILES string of the molecule is O=C(NCCC1=CCCCC1)[C@H]1CC(=O)N(Cc2ccco2)C1. The van der Waals surface area contributed by atoms with Crippen LogP contribution in [0, 0.1) is 5.92 Å². The van der Waals surface area contributed by atoms with Crippen LogP contribution in [0.5, 0.6) is 0 Å². The predicted molar refractivity (Wildman–Crippen MR) is 86.4 cm³/mol. The minimum absolute atomic E-state index is 0.00305. The molecule has 1 aliphatic heterocycles. The topological polar surface area (TPSA) is 62.6 Å². The molecule has 1 aromatic heterocycles. The van der Waals surface area contributed by atoms with Gasteiger partial charge in [0, 0.05) is 19.5 Å². The smallest absolute Gasteiger partial charge is 0.225 e. The van der Waals surface area contributed by atoms with Gasteiger partial charge in [-0.05, 0) is 44.2 Å². The quantitative estimate of drug-likeness (QED) is 0.821. The number of furan rings is 1. The minimum atomic E-state index is -0.238. The Morgan fingerprint density at radius 3 is 3.04 bits per heavy atom. The lowest BCUT2D eigenvalue weighted by Crippen LogP contribution is -2.33. The third kappa shape index (κ3) is 4.24. The second kappa shape index (κ2) is 7.49. The van der Waals surface area contributed by atoms with Crippen molar-refractivity contribution in [1.29, 1.82) is 0 Å². The van der Waals surface area contributed by atoms with Crippen molar-refractivity contribution < 1.29 is 14.0 Å². The van der Waals surface area contributed by atoms with E-state index in [2.05, 4.69) is 11.4 Å². The van der Waals surface area contributed by atoms with Gasteiger partial charge < -0.3 is 14.6 Å². The van der Waals surface area contributed by atoms with E-state index in [-0.39, 0.29) is 17.7 Å². The summed E-state index contributed by atoms with van der Waals surface area (Å²) >= 11 is 0. The van der Waals surface area contributed by atoms with Crippen molar-refractivity contribution in [2.24, 2.45) is 5.92 Å². The maximum atomic E-state index is 12.2. The highest BCUT2D eigenvalue weighted by Gasteiger charge is 2.34. The van der Waals surface area contributed by atoms with Crippen LogP contribution < -0.4 is 5.32 Å². The fourth-order valence-corrected chi connectivity index (χ4v) is 3.31. The Balaban J connectivity index is 1.43. The Morgan fingerprint density at radius 1 is 1.39 bits per heavy atom. The van der Waals surface area contributed by atoms with Crippen molar-refractivity contribution in [1.82, 2.24) is 10.2 Å². The summed E-state index contributed by atoms with van der Waals surface area (Å²) in [6, 6.07) is 3.65. The van der Waals surface area contributed by atoms with Crippen molar-refractivity contribution in [2.45, 2.75) is 45.1 Å². The van der Waals surface area contributed by atoms with E-state index in [4.69, 9.17) is 4.42 Å². The van der Waals surface area contributed by atoms with Gasteiger partial charge in [0.05, 0.1) is 18.7 Å². The number of hydrogen-bond donors (Lipinski definition) is 1. The average molecular weight is 316 g/mol. The molecule has 5 heteroatoms. The van der Waals surface area contributed by atoms with Crippen LogP contribution in [-0.4, -0.2) is 29.8 Å². The highest BCUT2D eigenvalue weighted by molar-refractivity contribution is 5.89. The highest BCUT2D eigenvalue weighted by atomic mass is 16.3. The van der Waals surface area contributed by atoms with Crippen LogP contribution in [0.15, 0.2) is 34.5 Å². The fraction of sp³-hybridized carbons (Fsp3) is 0.556. The molecule has 0 bridgehead atoms. The third-order valence-corrected chi connectivity index (χ3v) is 4.64. The van der Waals surface area contributed by atoms with Crippen molar-refractivity contribution in [2.75, 3.05) is 13.1 Å². The molecule has 2 amide bonds. The van der Waals surface area contributed by atoms with Gasteiger partial charge in [-0.3, -0.25) is 9.59 Å². The Labute approximate surface area is 136 Å². The van der Waals surface area contributed by atoms with Crippen LogP contribution in [0.25, 0.3) is 0 Å².